The van der Waals surface area contributed by atoms with Crippen LogP contribution in [-0.2, 0) is 14.9 Å². The molecule has 0 amide bonds. The fraction of sp³-hybridized carbons (Fsp3) is 0.538. The predicted octanol–water partition coefficient (Wildman–Crippen LogP) is 1.10. The van der Waals surface area contributed by atoms with Gasteiger partial charge >= 0.3 is 10.2 Å². The Hall–Kier alpha value is -1.31. The average Bonchev–Trinajstić information content (AvgIpc) is 2.44. The van der Waals surface area contributed by atoms with Gasteiger partial charge in [0.1, 0.15) is 5.75 Å². The number of aromatic hydroxyl groups is 1. The number of rotatable bonds is 4. The van der Waals surface area contributed by atoms with Crippen molar-refractivity contribution in [1.29, 1.82) is 0 Å². The number of nitrogens with zero attached hydrogens (tertiary/aromatic N) is 2. The molecule has 0 atom stereocenters. The Morgan fingerprint density at radius 2 is 2.00 bits per heavy atom. The van der Waals surface area contributed by atoms with Gasteiger partial charge in [0.2, 0.25) is 0 Å². The third-order valence-corrected chi connectivity index (χ3v) is 5.35. The van der Waals surface area contributed by atoms with E-state index in [0.29, 0.717) is 38.5 Å². The van der Waals surface area contributed by atoms with E-state index in [9.17, 15) is 13.5 Å². The minimum atomic E-state index is -3.59. The van der Waals surface area contributed by atoms with Crippen molar-refractivity contribution in [3.63, 3.8) is 0 Å². The highest BCUT2D eigenvalue weighted by Gasteiger charge is 2.31. The maximum absolute atomic E-state index is 12.7. The molecule has 0 radical (unpaired) electrons. The summed E-state index contributed by atoms with van der Waals surface area (Å²) in [4.78, 5) is 0. The summed E-state index contributed by atoms with van der Waals surface area (Å²) in [5.74, 6) is 0.0567. The highest BCUT2D eigenvalue weighted by atomic mass is 32.2. The first-order valence-electron chi connectivity index (χ1n) is 6.62. The molecule has 7 heteroatoms. The summed E-state index contributed by atoms with van der Waals surface area (Å²) >= 11 is 0. The van der Waals surface area contributed by atoms with Crippen LogP contribution in [0.4, 0.5) is 5.69 Å². The van der Waals surface area contributed by atoms with Crippen LogP contribution in [0.1, 0.15) is 12.5 Å². The smallest absolute Gasteiger partial charge is 0.304 e. The molecule has 1 aliphatic rings. The molecular weight excluding hydrogens is 280 g/mol. The summed E-state index contributed by atoms with van der Waals surface area (Å²) in [5.41, 5.74) is 1.32. The lowest BCUT2D eigenvalue weighted by molar-refractivity contribution is 0.0729. The summed E-state index contributed by atoms with van der Waals surface area (Å²) in [6.07, 6.45) is 0. The van der Waals surface area contributed by atoms with Crippen LogP contribution in [-0.4, -0.2) is 50.7 Å². The number of phenolic OH excluding ortho intramolecular Hbond substituents is 1. The van der Waals surface area contributed by atoms with Crippen LogP contribution in [0, 0.1) is 6.92 Å². The zero-order valence-electron chi connectivity index (χ0n) is 11.7. The molecule has 2 rings (SSSR count). The lowest BCUT2D eigenvalue weighted by Gasteiger charge is -2.33. The largest absolute Gasteiger partial charge is 0.508 e. The van der Waals surface area contributed by atoms with Crippen molar-refractivity contribution in [3.8, 4) is 5.75 Å². The van der Waals surface area contributed by atoms with Gasteiger partial charge in [-0.2, -0.15) is 12.7 Å². The van der Waals surface area contributed by atoms with E-state index in [1.807, 2.05) is 6.92 Å². The molecule has 1 aromatic carbocycles. The minimum Gasteiger partial charge on any atom is -0.508 e. The standard InChI is InChI=1S/C13H20N2O4S/c1-3-15(13-10-12(16)5-4-11(13)2)20(17,18)14-6-8-19-9-7-14/h4-5,10,16H,3,6-9H2,1-2H3. The van der Waals surface area contributed by atoms with Crippen molar-refractivity contribution in [1.82, 2.24) is 4.31 Å². The fourth-order valence-electron chi connectivity index (χ4n) is 2.24. The van der Waals surface area contributed by atoms with E-state index < -0.39 is 10.2 Å². The normalized spacial score (nSPS) is 17.1. The molecule has 112 valence electrons. The molecule has 1 fully saturated rings. The number of morpholine rings is 1. The number of hydrogen-bond donors (Lipinski definition) is 1. The van der Waals surface area contributed by atoms with Crippen LogP contribution in [0.2, 0.25) is 0 Å². The van der Waals surface area contributed by atoms with Crippen LogP contribution < -0.4 is 4.31 Å². The SMILES string of the molecule is CCN(c1cc(O)ccc1C)S(=O)(=O)N1CCOCC1. The molecule has 0 bridgehead atoms. The first-order chi connectivity index (χ1) is 9.46. The van der Waals surface area contributed by atoms with Crippen LogP contribution >= 0.6 is 0 Å². The number of hydrogen-bond acceptors (Lipinski definition) is 4. The van der Waals surface area contributed by atoms with Crippen molar-refractivity contribution in [2.45, 2.75) is 13.8 Å². The molecule has 0 saturated carbocycles. The second-order valence-electron chi connectivity index (χ2n) is 4.65. The second-order valence-corrected chi connectivity index (χ2v) is 6.51. The third-order valence-electron chi connectivity index (χ3n) is 3.32. The minimum absolute atomic E-state index is 0.0567. The lowest BCUT2D eigenvalue weighted by Crippen LogP contribution is -2.48. The van der Waals surface area contributed by atoms with E-state index in [1.54, 1.807) is 19.1 Å². The van der Waals surface area contributed by atoms with Gasteiger partial charge in [0.05, 0.1) is 18.9 Å². The summed E-state index contributed by atoms with van der Waals surface area (Å²) in [6, 6.07) is 4.74. The lowest BCUT2D eigenvalue weighted by atomic mass is 10.2. The Labute approximate surface area is 119 Å². The monoisotopic (exact) mass is 300 g/mol. The maximum atomic E-state index is 12.7. The van der Waals surface area contributed by atoms with Crippen LogP contribution in [0.15, 0.2) is 18.2 Å². The Bertz CT molecular complexity index is 568. The molecule has 1 heterocycles. The molecule has 0 spiro atoms. The second kappa shape index (κ2) is 5.99. The van der Waals surface area contributed by atoms with Crippen molar-refractivity contribution < 1.29 is 18.3 Å². The van der Waals surface area contributed by atoms with Gasteiger partial charge in [-0.3, -0.25) is 4.31 Å². The highest BCUT2D eigenvalue weighted by molar-refractivity contribution is 7.90. The number of ether oxygens (including phenoxy) is 1. The highest BCUT2D eigenvalue weighted by Crippen LogP contribution is 2.28. The molecule has 0 unspecified atom stereocenters. The summed E-state index contributed by atoms with van der Waals surface area (Å²) < 4.78 is 33.3. The van der Waals surface area contributed by atoms with E-state index in [0.717, 1.165) is 5.56 Å². The van der Waals surface area contributed by atoms with Gasteiger partial charge in [-0.15, -0.1) is 0 Å². The summed E-state index contributed by atoms with van der Waals surface area (Å²) in [6.45, 7) is 5.46. The zero-order valence-corrected chi connectivity index (χ0v) is 12.6. The molecule has 6 nitrogen and oxygen atoms in total. The number of anilines is 1. The first kappa shape index (κ1) is 15.1. The summed E-state index contributed by atoms with van der Waals surface area (Å²) in [5, 5.41) is 9.60. The number of benzene rings is 1. The fourth-order valence-corrected chi connectivity index (χ4v) is 3.90. The van der Waals surface area contributed by atoms with Gasteiger partial charge in [-0.05, 0) is 25.5 Å². The Morgan fingerprint density at radius 1 is 1.35 bits per heavy atom. The zero-order chi connectivity index (χ0) is 14.8. The maximum Gasteiger partial charge on any atom is 0.304 e. The first-order valence-corrected chi connectivity index (χ1v) is 8.01. The third kappa shape index (κ3) is 2.89. The Morgan fingerprint density at radius 3 is 2.60 bits per heavy atom. The van der Waals surface area contributed by atoms with Crippen molar-refractivity contribution >= 4 is 15.9 Å². The molecule has 0 aromatic heterocycles. The van der Waals surface area contributed by atoms with E-state index in [2.05, 4.69) is 0 Å². The molecule has 1 aliphatic heterocycles. The quantitative estimate of drug-likeness (QED) is 0.904. The van der Waals surface area contributed by atoms with Gasteiger partial charge in [-0.25, -0.2) is 0 Å². The Balaban J connectivity index is 2.37. The van der Waals surface area contributed by atoms with Crippen molar-refractivity contribution in [2.75, 3.05) is 37.2 Å². The van der Waals surface area contributed by atoms with Gasteiger partial charge < -0.3 is 9.84 Å². The average molecular weight is 300 g/mol. The van der Waals surface area contributed by atoms with Gasteiger partial charge in [0, 0.05) is 25.7 Å². The number of aryl methyl sites for hydroxylation is 1. The molecule has 1 saturated heterocycles. The molecule has 1 aromatic rings. The Kier molecular flexibility index (Phi) is 4.52. The van der Waals surface area contributed by atoms with Crippen LogP contribution in [0.25, 0.3) is 0 Å². The van der Waals surface area contributed by atoms with Crippen LogP contribution in [0.3, 0.4) is 0 Å². The van der Waals surface area contributed by atoms with Crippen molar-refractivity contribution in [3.05, 3.63) is 23.8 Å². The molecule has 0 aliphatic carbocycles. The molecular formula is C13H20N2O4S. The van der Waals surface area contributed by atoms with Gasteiger partial charge in [0.25, 0.3) is 0 Å². The molecule has 1 N–H and O–H groups in total. The van der Waals surface area contributed by atoms with E-state index in [-0.39, 0.29) is 5.75 Å². The van der Waals surface area contributed by atoms with E-state index in [4.69, 9.17) is 4.74 Å². The van der Waals surface area contributed by atoms with Crippen LogP contribution in [0.5, 0.6) is 5.75 Å². The predicted molar refractivity (Wildman–Crippen MR) is 77.2 cm³/mol. The van der Waals surface area contributed by atoms with E-state index >= 15 is 0 Å². The summed E-state index contributed by atoms with van der Waals surface area (Å²) in [7, 11) is -3.59. The molecule has 20 heavy (non-hydrogen) atoms. The topological polar surface area (TPSA) is 70.1 Å². The van der Waals surface area contributed by atoms with Crippen molar-refractivity contribution in [2.24, 2.45) is 0 Å². The van der Waals surface area contributed by atoms with Gasteiger partial charge in [-0.1, -0.05) is 6.07 Å². The number of phenols is 1. The van der Waals surface area contributed by atoms with E-state index in [1.165, 1.54) is 14.7 Å². The van der Waals surface area contributed by atoms with Gasteiger partial charge in [0.15, 0.2) is 0 Å².